The van der Waals surface area contributed by atoms with Crippen LogP contribution in [0.5, 0.6) is 5.75 Å². The van der Waals surface area contributed by atoms with E-state index in [9.17, 15) is 4.79 Å². The maximum atomic E-state index is 12.2. The number of halogens is 2. The van der Waals surface area contributed by atoms with Crippen LogP contribution in [-0.4, -0.2) is 12.4 Å². The minimum absolute atomic E-state index is 0.0657. The summed E-state index contributed by atoms with van der Waals surface area (Å²) in [6.07, 6.45) is 0. The summed E-state index contributed by atoms with van der Waals surface area (Å²) in [5.41, 5.74) is 3.65. The number of aryl methyl sites for hydroxylation is 2. The molecule has 0 spiro atoms. The highest BCUT2D eigenvalue weighted by Gasteiger charge is 2.13. The van der Waals surface area contributed by atoms with Crippen LogP contribution in [0, 0.1) is 20.8 Å². The summed E-state index contributed by atoms with van der Waals surface area (Å²) in [7, 11) is 0. The third-order valence-electron chi connectivity index (χ3n) is 3.35. The number of ketones is 1. The van der Waals surface area contributed by atoms with Crippen molar-refractivity contribution in [2.24, 2.45) is 0 Å². The molecule has 0 saturated carbocycles. The van der Waals surface area contributed by atoms with Gasteiger partial charge in [0, 0.05) is 10.6 Å². The number of hydrogen-bond donors (Lipinski definition) is 0. The summed E-state index contributed by atoms with van der Waals surface area (Å²) in [5, 5.41) is 0.857. The maximum absolute atomic E-state index is 12.2. The predicted octanol–water partition coefficient (Wildman–Crippen LogP) is 5.18. The molecule has 0 radical (unpaired) electrons. The molecule has 2 nitrogen and oxygen atoms in total. The molecule has 0 aliphatic rings. The van der Waals surface area contributed by atoms with Gasteiger partial charge >= 0.3 is 0 Å². The molecule has 0 bridgehead atoms. The van der Waals surface area contributed by atoms with Gasteiger partial charge in [0.2, 0.25) is 5.78 Å². The fraction of sp³-hybridized carbons (Fsp3) is 0.235. The van der Waals surface area contributed by atoms with Crippen LogP contribution in [0.15, 0.2) is 30.3 Å². The van der Waals surface area contributed by atoms with E-state index in [1.54, 1.807) is 18.2 Å². The Labute approximate surface area is 134 Å². The Hall–Kier alpha value is -1.51. The van der Waals surface area contributed by atoms with Gasteiger partial charge in [-0.05, 0) is 61.7 Å². The number of ether oxygens (including phenoxy) is 1. The minimum atomic E-state index is -0.193. The van der Waals surface area contributed by atoms with Crippen LogP contribution < -0.4 is 4.74 Å². The summed E-state index contributed by atoms with van der Waals surface area (Å²) in [5.74, 6) is 0.528. The molecule has 0 heterocycles. The molecule has 0 fully saturated rings. The first kappa shape index (κ1) is 15.9. The first-order valence-corrected chi connectivity index (χ1v) is 7.33. The third-order valence-corrected chi connectivity index (χ3v) is 3.92. The van der Waals surface area contributed by atoms with E-state index >= 15 is 0 Å². The van der Waals surface area contributed by atoms with Crippen LogP contribution in [0.3, 0.4) is 0 Å². The van der Waals surface area contributed by atoms with Crippen molar-refractivity contribution in [1.29, 1.82) is 0 Å². The van der Waals surface area contributed by atoms with Crippen LogP contribution in [0.4, 0.5) is 0 Å². The Kier molecular flexibility index (Phi) is 4.92. The molecule has 0 amide bonds. The second-order valence-corrected chi connectivity index (χ2v) is 5.88. The Bertz CT molecular complexity index is 693. The highest BCUT2D eigenvalue weighted by molar-refractivity contribution is 6.35. The molecule has 2 rings (SSSR count). The zero-order valence-corrected chi connectivity index (χ0v) is 13.7. The Morgan fingerprint density at radius 1 is 1.10 bits per heavy atom. The molecule has 0 N–H and O–H groups in total. The van der Waals surface area contributed by atoms with Gasteiger partial charge in [-0.1, -0.05) is 29.3 Å². The van der Waals surface area contributed by atoms with Gasteiger partial charge in [-0.25, -0.2) is 0 Å². The van der Waals surface area contributed by atoms with E-state index in [2.05, 4.69) is 6.07 Å². The van der Waals surface area contributed by atoms with Crippen LogP contribution in [-0.2, 0) is 0 Å². The topological polar surface area (TPSA) is 26.3 Å². The van der Waals surface area contributed by atoms with E-state index < -0.39 is 0 Å². The van der Waals surface area contributed by atoms with Crippen molar-refractivity contribution in [2.45, 2.75) is 20.8 Å². The van der Waals surface area contributed by atoms with Crippen molar-refractivity contribution in [2.75, 3.05) is 6.61 Å². The highest BCUT2D eigenvalue weighted by atomic mass is 35.5. The fourth-order valence-corrected chi connectivity index (χ4v) is 2.48. The van der Waals surface area contributed by atoms with Crippen molar-refractivity contribution < 1.29 is 9.53 Å². The molecule has 0 atom stereocenters. The van der Waals surface area contributed by atoms with Crippen LogP contribution in [0.25, 0.3) is 0 Å². The summed E-state index contributed by atoms with van der Waals surface area (Å²) in [4.78, 5) is 12.2. The second kappa shape index (κ2) is 6.50. The van der Waals surface area contributed by atoms with Gasteiger partial charge in [0.15, 0.2) is 6.61 Å². The number of carbonyl (C=O) groups is 1. The van der Waals surface area contributed by atoms with Gasteiger partial charge in [-0.3, -0.25) is 4.79 Å². The first-order chi connectivity index (χ1) is 9.88. The molecule has 0 aliphatic carbocycles. The zero-order valence-electron chi connectivity index (χ0n) is 12.2. The number of benzene rings is 2. The van der Waals surface area contributed by atoms with Gasteiger partial charge in [-0.15, -0.1) is 0 Å². The lowest BCUT2D eigenvalue weighted by Crippen LogP contribution is -2.13. The van der Waals surface area contributed by atoms with Crippen LogP contribution in [0.1, 0.15) is 27.0 Å². The first-order valence-electron chi connectivity index (χ1n) is 6.57. The van der Waals surface area contributed by atoms with Gasteiger partial charge in [0.25, 0.3) is 0 Å². The van der Waals surface area contributed by atoms with E-state index in [4.69, 9.17) is 27.9 Å². The summed E-state index contributed by atoms with van der Waals surface area (Å²) < 4.78 is 5.66. The van der Waals surface area contributed by atoms with Crippen molar-refractivity contribution in [3.63, 3.8) is 0 Å². The van der Waals surface area contributed by atoms with Crippen molar-refractivity contribution in [1.82, 2.24) is 0 Å². The average Bonchev–Trinajstić information content (AvgIpc) is 2.43. The van der Waals surface area contributed by atoms with Gasteiger partial charge < -0.3 is 4.74 Å². The predicted molar refractivity (Wildman–Crippen MR) is 86.9 cm³/mol. The smallest absolute Gasteiger partial charge is 0.201 e. The summed E-state index contributed by atoms with van der Waals surface area (Å²) in [6.45, 7) is 5.92. The molecule has 0 unspecified atom stereocenters. The van der Waals surface area contributed by atoms with Crippen molar-refractivity contribution >= 4 is 29.0 Å². The molecule has 0 aromatic heterocycles. The van der Waals surface area contributed by atoms with Crippen LogP contribution in [0.2, 0.25) is 10.0 Å². The molecule has 2 aromatic rings. The Balaban J connectivity index is 2.17. The van der Waals surface area contributed by atoms with E-state index in [0.717, 1.165) is 22.4 Å². The fourth-order valence-electron chi connectivity index (χ4n) is 2.08. The Morgan fingerprint density at radius 3 is 2.52 bits per heavy atom. The summed E-state index contributed by atoms with van der Waals surface area (Å²) >= 11 is 11.9. The lowest BCUT2D eigenvalue weighted by molar-refractivity contribution is 0.0921. The van der Waals surface area contributed by atoms with Gasteiger partial charge in [-0.2, -0.15) is 0 Å². The summed E-state index contributed by atoms with van der Waals surface area (Å²) in [6, 6.07) is 8.83. The zero-order chi connectivity index (χ0) is 15.6. The molecule has 21 heavy (non-hydrogen) atoms. The molecular weight excluding hydrogens is 307 g/mol. The van der Waals surface area contributed by atoms with Crippen molar-refractivity contribution in [3.8, 4) is 5.75 Å². The largest absolute Gasteiger partial charge is 0.485 e. The molecule has 4 heteroatoms. The average molecular weight is 323 g/mol. The van der Waals surface area contributed by atoms with Gasteiger partial charge in [0.05, 0.1) is 5.02 Å². The van der Waals surface area contributed by atoms with E-state index in [1.165, 1.54) is 0 Å². The van der Waals surface area contributed by atoms with Crippen molar-refractivity contribution in [3.05, 3.63) is 62.6 Å². The molecule has 0 saturated heterocycles. The molecule has 0 aliphatic heterocycles. The van der Waals surface area contributed by atoms with Crippen LogP contribution >= 0.6 is 23.2 Å². The van der Waals surface area contributed by atoms with E-state index in [1.807, 2.05) is 26.8 Å². The monoisotopic (exact) mass is 322 g/mol. The quantitative estimate of drug-likeness (QED) is 0.725. The molecule has 110 valence electrons. The normalized spacial score (nSPS) is 10.5. The Morgan fingerprint density at radius 2 is 1.81 bits per heavy atom. The number of hydrogen-bond acceptors (Lipinski definition) is 2. The molecular formula is C17H16Cl2O2. The standard InChI is InChI=1S/C17H16Cl2O2/c1-10-6-11(2)12(3)17(7-10)21-9-16(20)14-8-13(18)4-5-15(14)19/h4-8H,9H2,1-3H3. The third kappa shape index (κ3) is 3.78. The SMILES string of the molecule is Cc1cc(C)c(C)c(OCC(=O)c2cc(Cl)ccc2Cl)c1. The second-order valence-electron chi connectivity index (χ2n) is 5.04. The lowest BCUT2D eigenvalue weighted by Gasteiger charge is -2.12. The van der Waals surface area contributed by atoms with E-state index in [-0.39, 0.29) is 12.4 Å². The number of carbonyl (C=O) groups excluding carboxylic acids is 1. The molecule has 2 aromatic carbocycles. The minimum Gasteiger partial charge on any atom is -0.485 e. The lowest BCUT2D eigenvalue weighted by atomic mass is 10.1. The number of rotatable bonds is 4. The highest BCUT2D eigenvalue weighted by Crippen LogP contribution is 2.25. The van der Waals surface area contributed by atoms with E-state index in [0.29, 0.717) is 15.6 Å². The van der Waals surface area contributed by atoms with Gasteiger partial charge in [0.1, 0.15) is 5.75 Å². The number of Topliss-reactive ketones (excluding diaryl/α,β-unsaturated/α-hetero) is 1. The maximum Gasteiger partial charge on any atom is 0.201 e.